The summed E-state index contributed by atoms with van der Waals surface area (Å²) in [6.45, 7) is 8.98. The molecule has 2 heterocycles. The third-order valence-electron chi connectivity index (χ3n) is 4.31. The van der Waals surface area contributed by atoms with E-state index in [4.69, 9.17) is 9.47 Å². The van der Waals surface area contributed by atoms with Crippen LogP contribution in [-0.2, 0) is 9.47 Å². The van der Waals surface area contributed by atoms with Gasteiger partial charge in [0.1, 0.15) is 0 Å². The molecule has 4 nitrogen and oxygen atoms in total. The lowest BCUT2D eigenvalue weighted by Crippen LogP contribution is -2.61. The van der Waals surface area contributed by atoms with Gasteiger partial charge in [-0.25, -0.2) is 4.39 Å². The highest BCUT2D eigenvalue weighted by Crippen LogP contribution is 2.36. The van der Waals surface area contributed by atoms with E-state index in [1.54, 1.807) is 7.11 Å². The minimum atomic E-state index is -0.0426. The molecule has 2 fully saturated rings. The van der Waals surface area contributed by atoms with Crippen LogP contribution in [0.4, 0.5) is 4.39 Å². The highest BCUT2D eigenvalue weighted by molar-refractivity contribution is 5.19. The predicted molar refractivity (Wildman–Crippen MR) is 77.5 cm³/mol. The van der Waals surface area contributed by atoms with Crippen molar-refractivity contribution in [2.24, 2.45) is 0 Å². The molecule has 20 heavy (non-hydrogen) atoms. The molecule has 0 N–H and O–H groups in total. The number of fused-ring (bicyclic) bond motifs is 1. The van der Waals surface area contributed by atoms with Gasteiger partial charge in [0.25, 0.3) is 0 Å². The summed E-state index contributed by atoms with van der Waals surface area (Å²) in [5.41, 5.74) is 0.859. The Morgan fingerprint density at radius 2 is 2.20 bits per heavy atom. The fraction of sp³-hybridized carbons (Fsp3) is 0.867. The van der Waals surface area contributed by atoms with Crippen LogP contribution in [0.2, 0.25) is 0 Å². The molecule has 2 rings (SSSR count). The van der Waals surface area contributed by atoms with Crippen molar-refractivity contribution in [1.82, 2.24) is 9.80 Å². The fourth-order valence-electron chi connectivity index (χ4n) is 3.31. The third kappa shape index (κ3) is 3.58. The summed E-state index contributed by atoms with van der Waals surface area (Å²) in [5.74, 6) is 0. The first-order chi connectivity index (χ1) is 9.74. The molecular weight excluding hydrogens is 259 g/mol. The largest absolute Gasteiger partial charge is 0.383 e. The van der Waals surface area contributed by atoms with Crippen LogP contribution in [0.3, 0.4) is 0 Å². The molecule has 0 radical (unpaired) electrons. The van der Waals surface area contributed by atoms with E-state index in [-0.39, 0.29) is 5.54 Å². The van der Waals surface area contributed by atoms with Gasteiger partial charge in [0, 0.05) is 46.4 Å². The van der Waals surface area contributed by atoms with Crippen molar-refractivity contribution in [3.05, 3.63) is 11.9 Å². The minimum Gasteiger partial charge on any atom is -0.383 e. The van der Waals surface area contributed by atoms with Crippen LogP contribution in [-0.4, -0.2) is 75.0 Å². The second-order valence-electron chi connectivity index (χ2n) is 5.91. The van der Waals surface area contributed by atoms with E-state index in [0.29, 0.717) is 6.61 Å². The number of hydrogen-bond acceptors (Lipinski definition) is 4. The van der Waals surface area contributed by atoms with E-state index in [1.807, 2.05) is 0 Å². The number of ether oxygens (including phenoxy) is 2. The third-order valence-corrected chi connectivity index (χ3v) is 4.31. The summed E-state index contributed by atoms with van der Waals surface area (Å²) in [5, 5.41) is 0. The molecule has 0 aromatic rings. The number of methoxy groups -OCH3 is 1. The monoisotopic (exact) mass is 286 g/mol. The van der Waals surface area contributed by atoms with Gasteiger partial charge in [-0.3, -0.25) is 9.80 Å². The zero-order valence-electron chi connectivity index (χ0n) is 12.7. The van der Waals surface area contributed by atoms with Gasteiger partial charge in [-0.2, -0.15) is 0 Å². The summed E-state index contributed by atoms with van der Waals surface area (Å²) in [6.07, 6.45) is 2.60. The van der Waals surface area contributed by atoms with E-state index < -0.39 is 0 Å². The second-order valence-corrected chi connectivity index (χ2v) is 5.91. The lowest BCUT2D eigenvalue weighted by atomic mass is 9.93. The number of nitrogens with zero attached hydrogens (tertiary/aromatic N) is 2. The van der Waals surface area contributed by atoms with E-state index in [1.165, 1.54) is 0 Å². The summed E-state index contributed by atoms with van der Waals surface area (Å²) >= 11 is 0. The summed E-state index contributed by atoms with van der Waals surface area (Å²) in [7, 11) is 1.73. The zero-order chi connectivity index (χ0) is 14.4. The Kier molecular flexibility index (Phi) is 5.96. The molecule has 0 unspecified atom stereocenters. The Labute approximate surface area is 121 Å². The first kappa shape index (κ1) is 15.9. The average molecular weight is 286 g/mol. The topological polar surface area (TPSA) is 24.9 Å². The quantitative estimate of drug-likeness (QED) is 0.665. The van der Waals surface area contributed by atoms with E-state index >= 15 is 0 Å². The van der Waals surface area contributed by atoms with Crippen molar-refractivity contribution in [1.29, 1.82) is 0 Å². The molecule has 0 aliphatic carbocycles. The Bertz CT molecular complexity index is 338. The van der Waals surface area contributed by atoms with Crippen LogP contribution in [0.15, 0.2) is 11.9 Å². The summed E-state index contributed by atoms with van der Waals surface area (Å²) in [4.78, 5) is 4.81. The molecular formula is C15H27FN2O2. The van der Waals surface area contributed by atoms with Crippen LogP contribution in [0.1, 0.15) is 19.8 Å². The molecule has 0 amide bonds. The van der Waals surface area contributed by atoms with Gasteiger partial charge in [0.15, 0.2) is 0 Å². The van der Waals surface area contributed by atoms with E-state index in [2.05, 4.69) is 16.7 Å². The SMILES string of the molecule is CCCOC[C@]12C/C(=C\F)CN1CCN(CCOC)C2. The van der Waals surface area contributed by atoms with Gasteiger partial charge in [0.2, 0.25) is 0 Å². The fourth-order valence-corrected chi connectivity index (χ4v) is 3.31. The van der Waals surface area contributed by atoms with E-state index in [0.717, 1.165) is 70.7 Å². The van der Waals surface area contributed by atoms with E-state index in [9.17, 15) is 4.39 Å². The molecule has 0 bridgehead atoms. The van der Waals surface area contributed by atoms with Crippen molar-refractivity contribution in [2.45, 2.75) is 25.3 Å². The van der Waals surface area contributed by atoms with Crippen LogP contribution in [0, 0.1) is 0 Å². The maximum Gasteiger partial charge on any atom is 0.0872 e. The highest BCUT2D eigenvalue weighted by Gasteiger charge is 2.46. The van der Waals surface area contributed by atoms with Gasteiger partial charge >= 0.3 is 0 Å². The standard InChI is InChI=1S/C15H27FN2O2/c1-3-7-20-13-15-9-14(10-16)11-18(15)5-4-17(12-15)6-8-19-2/h10H,3-9,11-13H2,1-2H3/b14-10+/t15-/m1/s1. The number of piperazine rings is 1. The van der Waals surface area contributed by atoms with Crippen molar-refractivity contribution in [3.63, 3.8) is 0 Å². The predicted octanol–water partition coefficient (Wildman–Crippen LogP) is 1.67. The maximum atomic E-state index is 12.9. The van der Waals surface area contributed by atoms with Crippen molar-refractivity contribution in [3.8, 4) is 0 Å². The van der Waals surface area contributed by atoms with Gasteiger partial charge < -0.3 is 9.47 Å². The second kappa shape index (κ2) is 7.50. The number of hydrogen-bond donors (Lipinski definition) is 0. The summed E-state index contributed by atoms with van der Waals surface area (Å²) < 4.78 is 23.9. The first-order valence-corrected chi connectivity index (χ1v) is 7.56. The Morgan fingerprint density at radius 1 is 1.35 bits per heavy atom. The average Bonchev–Trinajstić information content (AvgIpc) is 2.83. The van der Waals surface area contributed by atoms with Crippen LogP contribution in [0.5, 0.6) is 0 Å². The van der Waals surface area contributed by atoms with Crippen molar-refractivity contribution < 1.29 is 13.9 Å². The molecule has 0 saturated carbocycles. The number of rotatable bonds is 7. The zero-order valence-corrected chi connectivity index (χ0v) is 12.7. The molecule has 2 aliphatic heterocycles. The lowest BCUT2D eigenvalue weighted by molar-refractivity contribution is -0.0401. The smallest absolute Gasteiger partial charge is 0.0872 e. The lowest BCUT2D eigenvalue weighted by Gasteiger charge is -2.46. The molecule has 5 heteroatoms. The van der Waals surface area contributed by atoms with Crippen molar-refractivity contribution >= 4 is 0 Å². The van der Waals surface area contributed by atoms with Crippen molar-refractivity contribution in [2.75, 3.05) is 59.7 Å². The molecule has 0 aromatic heterocycles. The Balaban J connectivity index is 2.02. The molecule has 2 saturated heterocycles. The minimum absolute atomic E-state index is 0.0426. The molecule has 0 aromatic carbocycles. The van der Waals surface area contributed by atoms with Crippen LogP contribution < -0.4 is 0 Å². The first-order valence-electron chi connectivity index (χ1n) is 7.56. The summed E-state index contributed by atoms with van der Waals surface area (Å²) in [6, 6.07) is 0. The van der Waals surface area contributed by atoms with Crippen LogP contribution in [0.25, 0.3) is 0 Å². The maximum absolute atomic E-state index is 12.9. The Morgan fingerprint density at radius 3 is 2.90 bits per heavy atom. The molecule has 116 valence electrons. The normalized spacial score (nSPS) is 30.1. The highest BCUT2D eigenvalue weighted by atomic mass is 19.1. The van der Waals surface area contributed by atoms with Gasteiger partial charge in [-0.1, -0.05) is 6.92 Å². The molecule has 1 atom stereocenters. The van der Waals surface area contributed by atoms with Gasteiger partial charge in [-0.15, -0.1) is 0 Å². The van der Waals surface area contributed by atoms with Crippen LogP contribution >= 0.6 is 0 Å². The number of halogens is 1. The molecule has 2 aliphatic rings. The van der Waals surface area contributed by atoms with Gasteiger partial charge in [-0.05, 0) is 18.4 Å². The van der Waals surface area contributed by atoms with Gasteiger partial charge in [0.05, 0.1) is 25.1 Å². The Hall–Kier alpha value is -0.490. The molecule has 0 spiro atoms.